The summed E-state index contributed by atoms with van der Waals surface area (Å²) in [5.74, 6) is 0.874. The molecule has 1 saturated heterocycles. The Morgan fingerprint density at radius 3 is 2.41 bits per heavy atom. The highest BCUT2D eigenvalue weighted by Crippen LogP contribution is 2.22. The first-order valence-electron chi connectivity index (χ1n) is 6.13. The van der Waals surface area contributed by atoms with Gasteiger partial charge in [-0.1, -0.05) is 25.9 Å². The van der Waals surface area contributed by atoms with Gasteiger partial charge in [-0.15, -0.1) is 0 Å². The van der Waals surface area contributed by atoms with Gasteiger partial charge in [-0.2, -0.15) is 0 Å². The predicted octanol–water partition coefficient (Wildman–Crippen LogP) is 2.19. The van der Waals surface area contributed by atoms with Crippen molar-refractivity contribution in [3.8, 4) is 0 Å². The number of amides is 1. The molecule has 1 N–H and O–H groups in total. The van der Waals surface area contributed by atoms with E-state index in [0.29, 0.717) is 0 Å². The van der Waals surface area contributed by atoms with Crippen LogP contribution in [0, 0.1) is 5.41 Å². The van der Waals surface area contributed by atoms with Crippen molar-refractivity contribution in [1.29, 1.82) is 0 Å². The maximum atomic E-state index is 11.0. The number of oxime groups is 1. The van der Waals surface area contributed by atoms with E-state index in [2.05, 4.69) is 36.1 Å². The Bertz CT molecular complexity index is 289. The molecule has 0 aromatic carbocycles. The molecule has 0 radical (unpaired) electrons. The second kappa shape index (κ2) is 5.89. The first kappa shape index (κ1) is 13.8. The minimum atomic E-state index is -0.518. The van der Waals surface area contributed by atoms with Gasteiger partial charge in [0.25, 0.3) is 0 Å². The third-order valence-electron chi connectivity index (χ3n) is 2.60. The van der Waals surface area contributed by atoms with Crippen LogP contribution < -0.4 is 5.32 Å². The second-order valence-corrected chi connectivity index (χ2v) is 5.57. The van der Waals surface area contributed by atoms with Crippen LogP contribution in [-0.4, -0.2) is 37.0 Å². The van der Waals surface area contributed by atoms with E-state index in [0.717, 1.165) is 25.3 Å². The number of carbonyl (C=O) groups is 1. The highest BCUT2D eigenvalue weighted by molar-refractivity contribution is 5.83. The fourth-order valence-electron chi connectivity index (χ4n) is 1.79. The Hall–Kier alpha value is -1.26. The lowest BCUT2D eigenvalue weighted by Gasteiger charge is -2.25. The van der Waals surface area contributed by atoms with E-state index < -0.39 is 6.09 Å². The van der Waals surface area contributed by atoms with Crippen LogP contribution in [0.2, 0.25) is 0 Å². The van der Waals surface area contributed by atoms with Crippen LogP contribution in [0.1, 0.15) is 40.0 Å². The minimum Gasteiger partial charge on any atom is -0.357 e. The quantitative estimate of drug-likeness (QED) is 0.349. The average molecular weight is 241 g/mol. The van der Waals surface area contributed by atoms with Crippen molar-refractivity contribution < 1.29 is 9.63 Å². The number of rotatable bonds is 2. The van der Waals surface area contributed by atoms with Crippen LogP contribution in [0.5, 0.6) is 0 Å². The lowest BCUT2D eigenvalue weighted by atomic mass is 9.91. The molecule has 98 valence electrons. The van der Waals surface area contributed by atoms with E-state index in [9.17, 15) is 4.79 Å². The van der Waals surface area contributed by atoms with Crippen molar-refractivity contribution in [1.82, 2.24) is 10.2 Å². The average Bonchev–Trinajstić information content (AvgIpc) is 2.75. The summed E-state index contributed by atoms with van der Waals surface area (Å²) in [4.78, 5) is 18.0. The summed E-state index contributed by atoms with van der Waals surface area (Å²) in [7, 11) is 1.52. The number of nitrogens with zero attached hydrogens (tertiary/aromatic N) is 2. The topological polar surface area (TPSA) is 53.9 Å². The van der Waals surface area contributed by atoms with Crippen LogP contribution >= 0.6 is 0 Å². The van der Waals surface area contributed by atoms with Crippen molar-refractivity contribution in [2.45, 2.75) is 40.0 Å². The highest BCUT2D eigenvalue weighted by atomic mass is 16.7. The van der Waals surface area contributed by atoms with E-state index in [-0.39, 0.29) is 5.41 Å². The lowest BCUT2D eigenvalue weighted by Crippen LogP contribution is -2.32. The highest BCUT2D eigenvalue weighted by Gasteiger charge is 2.22. The van der Waals surface area contributed by atoms with Crippen LogP contribution in [0.4, 0.5) is 4.79 Å². The van der Waals surface area contributed by atoms with Crippen molar-refractivity contribution in [2.75, 3.05) is 20.1 Å². The van der Waals surface area contributed by atoms with Crippen molar-refractivity contribution in [2.24, 2.45) is 10.6 Å². The summed E-state index contributed by atoms with van der Waals surface area (Å²) in [6.07, 6.45) is 2.66. The minimum absolute atomic E-state index is 0.132. The summed E-state index contributed by atoms with van der Waals surface area (Å²) in [5, 5.41) is 6.38. The number of hydrogen-bond acceptors (Lipinski definition) is 3. The maximum Gasteiger partial charge on any atom is 0.433 e. The lowest BCUT2D eigenvalue weighted by molar-refractivity contribution is 0.150. The zero-order chi connectivity index (χ0) is 12.9. The standard InChI is InChI=1S/C12H23N3O2/c1-12(2,3)9-10(14-17-11(16)13-4)15-7-5-6-8-15/h5-9H2,1-4H3,(H,13,16). The van der Waals surface area contributed by atoms with Gasteiger partial charge in [-0.3, -0.25) is 4.84 Å². The fourth-order valence-corrected chi connectivity index (χ4v) is 1.79. The van der Waals surface area contributed by atoms with Crippen LogP contribution in [0.3, 0.4) is 0 Å². The largest absolute Gasteiger partial charge is 0.433 e. The molecular formula is C12H23N3O2. The van der Waals surface area contributed by atoms with Gasteiger partial charge < -0.3 is 10.2 Å². The molecule has 1 amide bonds. The van der Waals surface area contributed by atoms with Crippen molar-refractivity contribution >= 4 is 11.9 Å². The van der Waals surface area contributed by atoms with E-state index >= 15 is 0 Å². The molecule has 1 rings (SSSR count). The van der Waals surface area contributed by atoms with Gasteiger partial charge in [0.15, 0.2) is 0 Å². The number of carbonyl (C=O) groups excluding carboxylic acids is 1. The number of likely N-dealkylation sites (tertiary alicyclic amines) is 1. The van der Waals surface area contributed by atoms with Crippen LogP contribution in [-0.2, 0) is 4.84 Å². The van der Waals surface area contributed by atoms with Gasteiger partial charge in [0, 0.05) is 26.6 Å². The molecule has 1 aliphatic rings. The molecule has 1 fully saturated rings. The third kappa shape index (κ3) is 5.06. The molecule has 0 bridgehead atoms. The van der Waals surface area contributed by atoms with E-state index in [1.54, 1.807) is 0 Å². The Labute approximate surface area is 103 Å². The smallest absolute Gasteiger partial charge is 0.357 e. The normalized spacial score (nSPS) is 17.2. The molecule has 0 aromatic heterocycles. The second-order valence-electron chi connectivity index (χ2n) is 5.57. The Morgan fingerprint density at radius 1 is 1.35 bits per heavy atom. The molecule has 0 aromatic rings. The van der Waals surface area contributed by atoms with Gasteiger partial charge in [-0.05, 0) is 18.3 Å². The van der Waals surface area contributed by atoms with E-state index in [1.807, 2.05) is 0 Å². The zero-order valence-electron chi connectivity index (χ0n) is 11.2. The monoisotopic (exact) mass is 241 g/mol. The molecule has 0 saturated carbocycles. The Kier molecular flexibility index (Phi) is 4.78. The SMILES string of the molecule is CNC(=O)ON=C(CC(C)(C)C)N1CCCC1. The van der Waals surface area contributed by atoms with Gasteiger partial charge in [-0.25, -0.2) is 4.79 Å². The molecule has 5 heteroatoms. The first-order valence-corrected chi connectivity index (χ1v) is 6.13. The Morgan fingerprint density at radius 2 is 1.94 bits per heavy atom. The summed E-state index contributed by atoms with van der Waals surface area (Å²) < 4.78 is 0. The van der Waals surface area contributed by atoms with Gasteiger partial charge in [0.1, 0.15) is 5.84 Å². The van der Waals surface area contributed by atoms with Crippen LogP contribution in [0.25, 0.3) is 0 Å². The first-order chi connectivity index (χ1) is 7.92. The van der Waals surface area contributed by atoms with Crippen molar-refractivity contribution in [3.05, 3.63) is 0 Å². The fraction of sp³-hybridized carbons (Fsp3) is 0.833. The van der Waals surface area contributed by atoms with Crippen LogP contribution in [0.15, 0.2) is 5.16 Å². The Balaban J connectivity index is 2.67. The molecule has 0 spiro atoms. The molecule has 0 atom stereocenters. The molecule has 1 aliphatic heterocycles. The van der Waals surface area contributed by atoms with Crippen molar-refractivity contribution in [3.63, 3.8) is 0 Å². The number of nitrogens with one attached hydrogen (secondary N) is 1. The van der Waals surface area contributed by atoms with Gasteiger partial charge >= 0.3 is 6.09 Å². The predicted molar refractivity (Wildman–Crippen MR) is 67.9 cm³/mol. The number of amidine groups is 1. The van der Waals surface area contributed by atoms with E-state index in [1.165, 1.54) is 19.9 Å². The third-order valence-corrected chi connectivity index (χ3v) is 2.60. The van der Waals surface area contributed by atoms with Gasteiger partial charge in [0.2, 0.25) is 0 Å². The maximum absolute atomic E-state index is 11.0. The van der Waals surface area contributed by atoms with E-state index in [4.69, 9.17) is 4.84 Å². The molecule has 0 aliphatic carbocycles. The molecular weight excluding hydrogens is 218 g/mol. The molecule has 1 heterocycles. The molecule has 5 nitrogen and oxygen atoms in total. The molecule has 0 unspecified atom stereocenters. The summed E-state index contributed by atoms with van der Waals surface area (Å²) >= 11 is 0. The summed E-state index contributed by atoms with van der Waals surface area (Å²) in [6.45, 7) is 8.47. The van der Waals surface area contributed by atoms with Gasteiger partial charge in [0.05, 0.1) is 0 Å². The molecule has 17 heavy (non-hydrogen) atoms. The zero-order valence-corrected chi connectivity index (χ0v) is 11.2. The summed E-state index contributed by atoms with van der Waals surface area (Å²) in [5.41, 5.74) is 0.132. The summed E-state index contributed by atoms with van der Waals surface area (Å²) in [6, 6.07) is 0. The number of hydrogen-bond donors (Lipinski definition) is 1.